The number of carbonyl (C=O) groups excluding carboxylic acids is 2. The number of hydrogen-bond acceptors (Lipinski definition) is 4. The van der Waals surface area contributed by atoms with Crippen molar-refractivity contribution in [1.29, 1.82) is 0 Å². The lowest BCUT2D eigenvalue weighted by atomic mass is 9.44. The molecule has 0 aromatic heterocycles. The molecule has 4 aliphatic rings. The van der Waals surface area contributed by atoms with E-state index >= 15 is 0 Å². The van der Waals surface area contributed by atoms with Crippen molar-refractivity contribution in [3.05, 3.63) is 0 Å². The minimum absolute atomic E-state index is 0.0199. The van der Waals surface area contributed by atoms with Gasteiger partial charge in [-0.05, 0) is 87.4 Å². The maximum atomic E-state index is 12.5. The number of carbonyl (C=O) groups is 2. The lowest BCUT2D eigenvalue weighted by Gasteiger charge is -2.62. The van der Waals surface area contributed by atoms with E-state index in [9.17, 15) is 14.7 Å². The maximum Gasteiger partial charge on any atom is 0.302 e. The highest BCUT2D eigenvalue weighted by molar-refractivity contribution is 5.80. The third kappa shape index (κ3) is 2.81. The van der Waals surface area contributed by atoms with Crippen molar-refractivity contribution in [3.8, 4) is 0 Å². The molecule has 0 radical (unpaired) electrons. The number of ether oxygens (including phenoxy) is 1. The highest BCUT2D eigenvalue weighted by Gasteiger charge is 2.65. The van der Waals surface area contributed by atoms with Gasteiger partial charge in [0.1, 0.15) is 11.9 Å². The molecule has 4 aliphatic carbocycles. The molecule has 0 saturated heterocycles. The van der Waals surface area contributed by atoms with Gasteiger partial charge in [-0.25, -0.2) is 0 Å². The van der Waals surface area contributed by atoms with Crippen molar-refractivity contribution < 1.29 is 19.4 Å². The van der Waals surface area contributed by atoms with Gasteiger partial charge in [-0.1, -0.05) is 13.8 Å². The second-order valence-corrected chi connectivity index (χ2v) is 10.5. The first-order valence-corrected chi connectivity index (χ1v) is 11.0. The standard InChI is InChI=1S/C23H36O4/c1-13(24)18-7-8-19-17-6-5-15-11-16(26)9-10-22(15,3)20(17)12-21(23(18,19)4)27-14(2)25/h15-21,26H,5-12H2,1-4H3/t15-,16-,17+,18-,19+,20+,21-,22-,23+/m0/s1. The molecular formula is C23H36O4. The number of aliphatic hydroxyl groups excluding tert-OH is 1. The molecule has 4 rings (SSSR count). The van der Waals surface area contributed by atoms with E-state index in [4.69, 9.17) is 4.74 Å². The molecule has 4 fully saturated rings. The van der Waals surface area contributed by atoms with Gasteiger partial charge in [-0.2, -0.15) is 0 Å². The van der Waals surface area contributed by atoms with Crippen LogP contribution in [-0.4, -0.2) is 29.1 Å². The third-order valence-corrected chi connectivity index (χ3v) is 9.51. The molecular weight excluding hydrogens is 340 g/mol. The van der Waals surface area contributed by atoms with Crippen LogP contribution >= 0.6 is 0 Å². The number of esters is 1. The molecule has 4 saturated carbocycles. The first-order chi connectivity index (χ1) is 12.7. The highest BCUT2D eigenvalue weighted by Crippen LogP contribution is 2.68. The molecule has 0 bridgehead atoms. The van der Waals surface area contributed by atoms with Crippen LogP contribution < -0.4 is 0 Å². The summed E-state index contributed by atoms with van der Waals surface area (Å²) in [6.45, 7) is 7.89. The van der Waals surface area contributed by atoms with Crippen LogP contribution in [0.1, 0.15) is 79.1 Å². The topological polar surface area (TPSA) is 63.6 Å². The molecule has 4 heteroatoms. The largest absolute Gasteiger partial charge is 0.462 e. The summed E-state index contributed by atoms with van der Waals surface area (Å²) in [7, 11) is 0. The zero-order chi connectivity index (χ0) is 19.6. The predicted molar refractivity (Wildman–Crippen MR) is 103 cm³/mol. The van der Waals surface area contributed by atoms with E-state index in [1.165, 1.54) is 19.8 Å². The Hall–Kier alpha value is -0.900. The van der Waals surface area contributed by atoms with Gasteiger partial charge < -0.3 is 9.84 Å². The molecule has 4 nitrogen and oxygen atoms in total. The summed E-state index contributed by atoms with van der Waals surface area (Å²) in [5.41, 5.74) is 0.0201. The second-order valence-electron chi connectivity index (χ2n) is 10.5. The SMILES string of the molecule is CC(=O)O[C@H]1C[C@@H]2[C@H](CC[C@H]3C[C@@H](O)CC[C@@]32C)[C@H]2CC[C@@H](C(C)=O)[C@@]12C. The highest BCUT2D eigenvalue weighted by atomic mass is 16.5. The van der Waals surface area contributed by atoms with Crippen LogP contribution in [0.25, 0.3) is 0 Å². The van der Waals surface area contributed by atoms with E-state index in [0.717, 1.165) is 38.5 Å². The van der Waals surface area contributed by atoms with E-state index in [1.54, 1.807) is 6.92 Å². The van der Waals surface area contributed by atoms with Crippen LogP contribution in [0.4, 0.5) is 0 Å². The van der Waals surface area contributed by atoms with E-state index in [-0.39, 0.29) is 40.7 Å². The fourth-order valence-corrected chi connectivity index (χ4v) is 8.21. The van der Waals surface area contributed by atoms with Crippen LogP contribution in [0.15, 0.2) is 0 Å². The van der Waals surface area contributed by atoms with Crippen LogP contribution in [0.3, 0.4) is 0 Å². The molecule has 9 atom stereocenters. The molecule has 27 heavy (non-hydrogen) atoms. The molecule has 152 valence electrons. The molecule has 1 N–H and O–H groups in total. The minimum Gasteiger partial charge on any atom is -0.462 e. The van der Waals surface area contributed by atoms with Crippen LogP contribution in [-0.2, 0) is 14.3 Å². The van der Waals surface area contributed by atoms with Gasteiger partial charge in [0.05, 0.1) is 6.10 Å². The first-order valence-electron chi connectivity index (χ1n) is 11.0. The molecule has 0 aliphatic heterocycles. The van der Waals surface area contributed by atoms with Crippen molar-refractivity contribution in [2.24, 2.45) is 40.4 Å². The molecule has 0 amide bonds. The number of hydrogen-bond donors (Lipinski definition) is 1. The maximum absolute atomic E-state index is 12.5. The van der Waals surface area contributed by atoms with E-state index in [1.807, 2.05) is 0 Å². The summed E-state index contributed by atoms with van der Waals surface area (Å²) in [5.74, 6) is 2.28. The van der Waals surface area contributed by atoms with Gasteiger partial charge in [0.2, 0.25) is 0 Å². The summed E-state index contributed by atoms with van der Waals surface area (Å²) in [5, 5.41) is 10.2. The quantitative estimate of drug-likeness (QED) is 0.736. The van der Waals surface area contributed by atoms with Gasteiger partial charge in [-0.3, -0.25) is 9.59 Å². The first kappa shape index (κ1) is 19.4. The van der Waals surface area contributed by atoms with Crippen molar-refractivity contribution in [2.75, 3.05) is 0 Å². The summed E-state index contributed by atoms with van der Waals surface area (Å²) in [4.78, 5) is 24.4. The number of aliphatic hydroxyl groups is 1. The van der Waals surface area contributed by atoms with Crippen LogP contribution in [0.5, 0.6) is 0 Å². The lowest BCUT2D eigenvalue weighted by Crippen LogP contribution is -2.59. The average molecular weight is 377 g/mol. The van der Waals surface area contributed by atoms with E-state index in [2.05, 4.69) is 13.8 Å². The fraction of sp³-hybridized carbons (Fsp3) is 0.913. The molecule has 0 aromatic rings. The Kier molecular flexibility index (Phi) is 4.73. The number of ketones is 1. The Morgan fingerprint density at radius 2 is 1.70 bits per heavy atom. The van der Waals surface area contributed by atoms with Gasteiger partial charge in [0.25, 0.3) is 0 Å². The van der Waals surface area contributed by atoms with Crippen molar-refractivity contribution >= 4 is 11.8 Å². The van der Waals surface area contributed by atoms with Crippen LogP contribution in [0.2, 0.25) is 0 Å². The Morgan fingerprint density at radius 1 is 0.963 bits per heavy atom. The summed E-state index contributed by atoms with van der Waals surface area (Å²) in [6.07, 6.45) is 7.92. The lowest BCUT2D eigenvalue weighted by molar-refractivity contribution is -0.194. The monoisotopic (exact) mass is 376 g/mol. The molecule has 0 unspecified atom stereocenters. The smallest absolute Gasteiger partial charge is 0.302 e. The fourth-order valence-electron chi connectivity index (χ4n) is 8.21. The van der Waals surface area contributed by atoms with Gasteiger partial charge in [0.15, 0.2) is 0 Å². The Labute approximate surface area is 163 Å². The number of Topliss-reactive ketones (excluding diaryl/α,β-unsaturated/α-hetero) is 1. The van der Waals surface area contributed by atoms with E-state index < -0.39 is 0 Å². The summed E-state index contributed by atoms with van der Waals surface area (Å²) in [6, 6.07) is 0. The Balaban J connectivity index is 1.71. The van der Waals surface area contributed by atoms with Gasteiger partial charge >= 0.3 is 5.97 Å². The Morgan fingerprint density at radius 3 is 2.37 bits per heavy atom. The minimum atomic E-state index is -0.218. The number of fused-ring (bicyclic) bond motifs is 5. The third-order valence-electron chi connectivity index (χ3n) is 9.51. The zero-order valence-electron chi connectivity index (χ0n) is 17.4. The normalized spacial score (nSPS) is 51.7. The van der Waals surface area contributed by atoms with E-state index in [0.29, 0.717) is 23.7 Å². The zero-order valence-corrected chi connectivity index (χ0v) is 17.4. The molecule has 0 heterocycles. The van der Waals surface area contributed by atoms with Gasteiger partial charge in [0, 0.05) is 18.3 Å². The van der Waals surface area contributed by atoms with Crippen LogP contribution in [0, 0.1) is 40.4 Å². The summed E-state index contributed by atoms with van der Waals surface area (Å²) >= 11 is 0. The summed E-state index contributed by atoms with van der Waals surface area (Å²) < 4.78 is 5.94. The van der Waals surface area contributed by atoms with Crippen molar-refractivity contribution in [2.45, 2.75) is 91.3 Å². The average Bonchev–Trinajstić information content (AvgIpc) is 2.95. The number of rotatable bonds is 2. The molecule has 0 aromatic carbocycles. The second kappa shape index (κ2) is 6.57. The van der Waals surface area contributed by atoms with Crippen molar-refractivity contribution in [1.82, 2.24) is 0 Å². The Bertz CT molecular complexity index is 630. The van der Waals surface area contributed by atoms with Gasteiger partial charge in [-0.15, -0.1) is 0 Å². The van der Waals surface area contributed by atoms with Crippen molar-refractivity contribution in [3.63, 3.8) is 0 Å². The predicted octanol–water partition coefficient (Wildman–Crippen LogP) is 4.14. The molecule has 0 spiro atoms.